The van der Waals surface area contributed by atoms with E-state index >= 15 is 0 Å². The number of ether oxygens (including phenoxy) is 1. The Morgan fingerprint density at radius 1 is 0.750 bits per heavy atom. The van der Waals surface area contributed by atoms with Crippen LogP contribution in [0.5, 0.6) is 5.75 Å². The van der Waals surface area contributed by atoms with Crippen molar-refractivity contribution in [3.8, 4) is 17.0 Å². The molecule has 1 aromatic heterocycles. The average Bonchev–Trinajstić information content (AvgIpc) is 2.84. The number of hydrogen-bond donors (Lipinski definition) is 0. The summed E-state index contributed by atoms with van der Waals surface area (Å²) < 4.78 is 5.77. The first-order chi connectivity index (χ1) is 15.8. The standard InChI is InChI=1S/C30H45NO/c1-3-5-7-8-9-10-25-11-13-26(14-12-25)15-16-27-17-22-30(31-24-27)28-18-20-29(21-19-28)32-23-6-4-2/h17-22,24-26H,3-16,23H2,1-2H3. The molecule has 1 heterocycles. The fourth-order valence-corrected chi connectivity index (χ4v) is 5.02. The molecule has 176 valence electrons. The van der Waals surface area contributed by atoms with Gasteiger partial charge in [-0.1, -0.05) is 90.5 Å². The Hall–Kier alpha value is -1.83. The number of aromatic nitrogens is 1. The van der Waals surface area contributed by atoms with Crippen LogP contribution in [0.1, 0.15) is 103 Å². The van der Waals surface area contributed by atoms with E-state index in [9.17, 15) is 0 Å². The van der Waals surface area contributed by atoms with Crippen molar-refractivity contribution in [2.24, 2.45) is 11.8 Å². The lowest BCUT2D eigenvalue weighted by atomic mass is 9.78. The highest BCUT2D eigenvalue weighted by Crippen LogP contribution is 2.34. The Labute approximate surface area is 197 Å². The molecule has 1 aromatic carbocycles. The topological polar surface area (TPSA) is 22.1 Å². The zero-order valence-corrected chi connectivity index (χ0v) is 20.7. The van der Waals surface area contributed by atoms with E-state index in [0.717, 1.165) is 48.3 Å². The maximum Gasteiger partial charge on any atom is 0.119 e. The molecule has 1 fully saturated rings. The second-order valence-corrected chi connectivity index (χ2v) is 9.91. The zero-order chi connectivity index (χ0) is 22.4. The van der Waals surface area contributed by atoms with Crippen molar-refractivity contribution in [2.45, 2.75) is 104 Å². The molecule has 2 heteroatoms. The Kier molecular flexibility index (Phi) is 11.1. The third kappa shape index (κ3) is 8.60. The first kappa shape index (κ1) is 24.8. The Bertz CT molecular complexity index is 728. The lowest BCUT2D eigenvalue weighted by Crippen LogP contribution is -2.15. The summed E-state index contributed by atoms with van der Waals surface area (Å²) in [6.45, 7) is 5.28. The van der Waals surface area contributed by atoms with Crippen molar-refractivity contribution in [3.05, 3.63) is 48.2 Å². The van der Waals surface area contributed by atoms with Crippen molar-refractivity contribution >= 4 is 0 Å². The monoisotopic (exact) mass is 435 g/mol. The van der Waals surface area contributed by atoms with Gasteiger partial charge in [-0.3, -0.25) is 4.98 Å². The number of hydrogen-bond acceptors (Lipinski definition) is 2. The van der Waals surface area contributed by atoms with Crippen molar-refractivity contribution in [3.63, 3.8) is 0 Å². The van der Waals surface area contributed by atoms with Gasteiger partial charge in [0.15, 0.2) is 0 Å². The highest BCUT2D eigenvalue weighted by atomic mass is 16.5. The number of pyridine rings is 1. The molecule has 3 rings (SSSR count). The summed E-state index contributed by atoms with van der Waals surface area (Å²) in [6.07, 6.45) is 21.3. The van der Waals surface area contributed by atoms with Gasteiger partial charge in [-0.05, 0) is 67.0 Å². The van der Waals surface area contributed by atoms with Crippen LogP contribution >= 0.6 is 0 Å². The molecule has 0 saturated heterocycles. The van der Waals surface area contributed by atoms with E-state index in [4.69, 9.17) is 9.72 Å². The summed E-state index contributed by atoms with van der Waals surface area (Å²) >= 11 is 0. The average molecular weight is 436 g/mol. The van der Waals surface area contributed by atoms with Crippen molar-refractivity contribution in [1.29, 1.82) is 0 Å². The predicted molar refractivity (Wildman–Crippen MR) is 137 cm³/mol. The summed E-state index contributed by atoms with van der Waals surface area (Å²) in [6, 6.07) is 12.8. The Morgan fingerprint density at radius 3 is 2.09 bits per heavy atom. The number of rotatable bonds is 14. The second kappa shape index (κ2) is 14.3. The first-order valence-electron chi connectivity index (χ1n) is 13.5. The van der Waals surface area contributed by atoms with Gasteiger partial charge in [-0.15, -0.1) is 0 Å². The highest BCUT2D eigenvalue weighted by Gasteiger charge is 2.20. The molecular formula is C30H45NO. The van der Waals surface area contributed by atoms with Gasteiger partial charge in [0.1, 0.15) is 5.75 Å². The van der Waals surface area contributed by atoms with Crippen LogP contribution < -0.4 is 4.74 Å². The smallest absolute Gasteiger partial charge is 0.119 e. The summed E-state index contributed by atoms with van der Waals surface area (Å²) in [4.78, 5) is 4.74. The van der Waals surface area contributed by atoms with Crippen LogP contribution in [-0.4, -0.2) is 11.6 Å². The van der Waals surface area contributed by atoms with Gasteiger partial charge in [0.25, 0.3) is 0 Å². The molecule has 0 bridgehead atoms. The van der Waals surface area contributed by atoms with Gasteiger partial charge >= 0.3 is 0 Å². The molecule has 0 atom stereocenters. The minimum Gasteiger partial charge on any atom is -0.494 e. The van der Waals surface area contributed by atoms with Gasteiger partial charge < -0.3 is 4.74 Å². The number of aryl methyl sites for hydroxylation is 1. The quantitative estimate of drug-likeness (QED) is 0.276. The zero-order valence-electron chi connectivity index (χ0n) is 20.7. The molecular weight excluding hydrogens is 390 g/mol. The molecule has 32 heavy (non-hydrogen) atoms. The van der Waals surface area contributed by atoms with Gasteiger partial charge in [-0.2, -0.15) is 0 Å². The molecule has 2 nitrogen and oxygen atoms in total. The Balaban J connectivity index is 1.35. The highest BCUT2D eigenvalue weighted by molar-refractivity contribution is 5.60. The third-order valence-corrected chi connectivity index (χ3v) is 7.26. The Morgan fingerprint density at radius 2 is 1.44 bits per heavy atom. The minimum atomic E-state index is 0.795. The van der Waals surface area contributed by atoms with Crippen LogP contribution in [0.4, 0.5) is 0 Å². The van der Waals surface area contributed by atoms with Gasteiger partial charge in [0.2, 0.25) is 0 Å². The lowest BCUT2D eigenvalue weighted by Gasteiger charge is -2.28. The summed E-state index contributed by atoms with van der Waals surface area (Å²) in [5, 5.41) is 0. The van der Waals surface area contributed by atoms with Crippen LogP contribution in [0, 0.1) is 11.8 Å². The van der Waals surface area contributed by atoms with Crippen LogP contribution in [0.2, 0.25) is 0 Å². The first-order valence-corrected chi connectivity index (χ1v) is 13.5. The van der Waals surface area contributed by atoms with E-state index in [0.29, 0.717) is 0 Å². The largest absolute Gasteiger partial charge is 0.494 e. The predicted octanol–water partition coefficient (Wildman–Crippen LogP) is 9.03. The maximum absolute atomic E-state index is 5.77. The van der Waals surface area contributed by atoms with E-state index in [2.05, 4.69) is 56.4 Å². The molecule has 0 spiro atoms. The molecule has 0 aliphatic heterocycles. The molecule has 0 unspecified atom stereocenters. The van der Waals surface area contributed by atoms with Crippen molar-refractivity contribution < 1.29 is 4.74 Å². The van der Waals surface area contributed by atoms with Gasteiger partial charge in [0, 0.05) is 11.8 Å². The van der Waals surface area contributed by atoms with E-state index in [1.54, 1.807) is 0 Å². The molecule has 0 amide bonds. The van der Waals surface area contributed by atoms with Crippen LogP contribution in [0.3, 0.4) is 0 Å². The van der Waals surface area contributed by atoms with Gasteiger partial charge in [0.05, 0.1) is 12.3 Å². The van der Waals surface area contributed by atoms with Crippen LogP contribution in [0.15, 0.2) is 42.6 Å². The summed E-state index contributed by atoms with van der Waals surface area (Å²) in [5.41, 5.74) is 3.59. The fraction of sp³-hybridized carbons (Fsp3) is 0.633. The van der Waals surface area contributed by atoms with Crippen LogP contribution in [0.25, 0.3) is 11.3 Å². The fourth-order valence-electron chi connectivity index (χ4n) is 5.02. The van der Waals surface area contributed by atoms with Crippen molar-refractivity contribution in [2.75, 3.05) is 6.61 Å². The molecule has 0 N–H and O–H groups in total. The SMILES string of the molecule is CCCCCCCC1CCC(CCc2ccc(-c3ccc(OCCCC)cc3)nc2)CC1. The molecule has 1 aliphatic carbocycles. The van der Waals surface area contributed by atoms with E-state index in [-0.39, 0.29) is 0 Å². The third-order valence-electron chi connectivity index (χ3n) is 7.26. The molecule has 1 aliphatic rings. The molecule has 0 radical (unpaired) electrons. The summed E-state index contributed by atoms with van der Waals surface area (Å²) in [7, 11) is 0. The summed E-state index contributed by atoms with van der Waals surface area (Å²) in [5.74, 6) is 2.88. The normalized spacial score (nSPS) is 18.6. The minimum absolute atomic E-state index is 0.795. The van der Waals surface area contributed by atoms with Crippen molar-refractivity contribution in [1.82, 2.24) is 4.98 Å². The lowest BCUT2D eigenvalue weighted by molar-refractivity contribution is 0.248. The second-order valence-electron chi connectivity index (χ2n) is 9.91. The number of unbranched alkanes of at least 4 members (excludes halogenated alkanes) is 5. The van der Waals surface area contributed by atoms with E-state index in [1.807, 2.05) is 0 Å². The molecule has 1 saturated carbocycles. The number of benzene rings is 1. The van der Waals surface area contributed by atoms with E-state index < -0.39 is 0 Å². The molecule has 2 aromatic rings. The van der Waals surface area contributed by atoms with Crippen LogP contribution in [-0.2, 0) is 6.42 Å². The van der Waals surface area contributed by atoms with Gasteiger partial charge in [-0.25, -0.2) is 0 Å². The van der Waals surface area contributed by atoms with E-state index in [1.165, 1.54) is 82.6 Å². The maximum atomic E-state index is 5.77. The number of nitrogens with zero attached hydrogens (tertiary/aromatic N) is 1.